The number of piperidine rings is 1. The molecule has 2 atom stereocenters. The van der Waals surface area contributed by atoms with E-state index in [4.69, 9.17) is 14.2 Å². The first-order chi connectivity index (χ1) is 10.8. The highest BCUT2D eigenvalue weighted by Crippen LogP contribution is 2.33. The number of ether oxygens (including phenoxy) is 3. The Labute approximate surface area is 129 Å². The van der Waals surface area contributed by atoms with Crippen LogP contribution in [-0.2, 0) is 9.53 Å². The molecule has 22 heavy (non-hydrogen) atoms. The SMILES string of the molecule is O=C([C@@H]1O[C@@H]1/C=C\c1ccc2c(c1)OCO2)N1CCCCC1. The second kappa shape index (κ2) is 5.65. The van der Waals surface area contributed by atoms with Crippen LogP contribution in [0.3, 0.4) is 0 Å². The van der Waals surface area contributed by atoms with Gasteiger partial charge < -0.3 is 19.1 Å². The van der Waals surface area contributed by atoms with E-state index >= 15 is 0 Å². The molecule has 3 aliphatic heterocycles. The van der Waals surface area contributed by atoms with Crippen LogP contribution in [0.25, 0.3) is 6.08 Å². The van der Waals surface area contributed by atoms with E-state index in [1.54, 1.807) is 0 Å². The normalized spacial score (nSPS) is 26.5. The Bertz CT molecular complexity index is 607. The molecule has 5 heteroatoms. The zero-order valence-corrected chi connectivity index (χ0v) is 12.4. The molecule has 116 valence electrons. The third-order valence-electron chi connectivity index (χ3n) is 4.31. The van der Waals surface area contributed by atoms with E-state index in [0.29, 0.717) is 0 Å². The maximum atomic E-state index is 12.3. The van der Waals surface area contributed by atoms with Crippen molar-refractivity contribution in [3.05, 3.63) is 29.8 Å². The van der Waals surface area contributed by atoms with Gasteiger partial charge in [-0.3, -0.25) is 4.79 Å². The van der Waals surface area contributed by atoms with Crippen LogP contribution in [0.1, 0.15) is 24.8 Å². The summed E-state index contributed by atoms with van der Waals surface area (Å²) in [5.41, 5.74) is 1.02. The number of likely N-dealkylation sites (tertiary alicyclic amines) is 1. The van der Waals surface area contributed by atoms with E-state index in [0.717, 1.165) is 43.0 Å². The van der Waals surface area contributed by atoms with Crippen LogP contribution in [0.5, 0.6) is 11.5 Å². The highest BCUT2D eigenvalue weighted by molar-refractivity contribution is 5.84. The maximum Gasteiger partial charge on any atom is 0.254 e. The topological polar surface area (TPSA) is 51.3 Å². The van der Waals surface area contributed by atoms with Crippen molar-refractivity contribution >= 4 is 12.0 Å². The molecule has 0 aliphatic carbocycles. The lowest BCUT2D eigenvalue weighted by atomic mass is 10.1. The second-order valence-corrected chi connectivity index (χ2v) is 5.88. The molecule has 2 fully saturated rings. The van der Waals surface area contributed by atoms with Crippen molar-refractivity contribution in [1.29, 1.82) is 0 Å². The Morgan fingerprint density at radius 3 is 2.82 bits per heavy atom. The van der Waals surface area contributed by atoms with E-state index in [2.05, 4.69) is 0 Å². The van der Waals surface area contributed by atoms with E-state index < -0.39 is 0 Å². The third-order valence-corrected chi connectivity index (χ3v) is 4.31. The van der Waals surface area contributed by atoms with Crippen molar-refractivity contribution in [1.82, 2.24) is 4.90 Å². The van der Waals surface area contributed by atoms with Crippen LogP contribution < -0.4 is 9.47 Å². The zero-order chi connectivity index (χ0) is 14.9. The molecule has 1 aromatic carbocycles. The lowest BCUT2D eigenvalue weighted by Gasteiger charge is -2.25. The molecule has 5 nitrogen and oxygen atoms in total. The first-order valence-electron chi connectivity index (χ1n) is 7.83. The number of fused-ring (bicyclic) bond motifs is 1. The Hall–Kier alpha value is -2.01. The molecule has 0 bridgehead atoms. The monoisotopic (exact) mass is 301 g/mol. The molecule has 3 aliphatic rings. The fourth-order valence-corrected chi connectivity index (χ4v) is 2.99. The number of hydrogen-bond acceptors (Lipinski definition) is 4. The van der Waals surface area contributed by atoms with Crippen molar-refractivity contribution in [3.63, 3.8) is 0 Å². The molecule has 3 heterocycles. The van der Waals surface area contributed by atoms with Crippen LogP contribution in [0.15, 0.2) is 24.3 Å². The van der Waals surface area contributed by atoms with Gasteiger partial charge in [-0.2, -0.15) is 0 Å². The van der Waals surface area contributed by atoms with Crippen LogP contribution in [-0.4, -0.2) is 42.9 Å². The second-order valence-electron chi connectivity index (χ2n) is 5.88. The number of nitrogens with zero attached hydrogens (tertiary/aromatic N) is 1. The molecular formula is C17H19NO4. The summed E-state index contributed by atoms with van der Waals surface area (Å²) in [5, 5.41) is 0. The molecule has 0 saturated carbocycles. The number of benzene rings is 1. The van der Waals surface area contributed by atoms with E-state index in [1.165, 1.54) is 6.42 Å². The summed E-state index contributed by atoms with van der Waals surface area (Å²) in [4.78, 5) is 14.2. The molecule has 0 radical (unpaired) electrons. The number of carbonyl (C=O) groups is 1. The van der Waals surface area contributed by atoms with Gasteiger partial charge in [0.15, 0.2) is 17.6 Å². The Morgan fingerprint density at radius 2 is 1.95 bits per heavy atom. The van der Waals surface area contributed by atoms with Gasteiger partial charge in [0.1, 0.15) is 6.10 Å². The third kappa shape index (κ3) is 2.68. The first-order valence-corrected chi connectivity index (χ1v) is 7.83. The van der Waals surface area contributed by atoms with Gasteiger partial charge >= 0.3 is 0 Å². The summed E-state index contributed by atoms with van der Waals surface area (Å²) >= 11 is 0. The smallest absolute Gasteiger partial charge is 0.254 e. The van der Waals surface area contributed by atoms with Gasteiger partial charge in [-0.1, -0.05) is 18.2 Å². The molecule has 2 saturated heterocycles. The molecule has 1 amide bonds. The highest BCUT2D eigenvalue weighted by atomic mass is 16.7. The molecule has 0 unspecified atom stereocenters. The van der Waals surface area contributed by atoms with Crippen molar-refractivity contribution in [2.45, 2.75) is 31.5 Å². The van der Waals surface area contributed by atoms with Crippen LogP contribution in [0.2, 0.25) is 0 Å². The largest absolute Gasteiger partial charge is 0.454 e. The van der Waals surface area contributed by atoms with Gasteiger partial charge in [0.25, 0.3) is 5.91 Å². The maximum absolute atomic E-state index is 12.3. The number of carbonyl (C=O) groups excluding carboxylic acids is 1. The lowest BCUT2D eigenvalue weighted by Crippen LogP contribution is -2.38. The summed E-state index contributed by atoms with van der Waals surface area (Å²) in [6.45, 7) is 2.02. The predicted octanol–water partition coefficient (Wildman–Crippen LogP) is 2.21. The fourth-order valence-electron chi connectivity index (χ4n) is 2.99. The molecule has 0 N–H and O–H groups in total. The molecular weight excluding hydrogens is 282 g/mol. The molecule has 0 spiro atoms. The summed E-state index contributed by atoms with van der Waals surface area (Å²) in [6, 6.07) is 5.79. The summed E-state index contributed by atoms with van der Waals surface area (Å²) in [7, 11) is 0. The van der Waals surface area contributed by atoms with Crippen LogP contribution >= 0.6 is 0 Å². The Kier molecular flexibility index (Phi) is 3.50. The predicted molar refractivity (Wildman–Crippen MR) is 80.7 cm³/mol. The minimum Gasteiger partial charge on any atom is -0.454 e. The van der Waals surface area contributed by atoms with Crippen LogP contribution in [0.4, 0.5) is 0 Å². The van der Waals surface area contributed by atoms with Gasteiger partial charge in [-0.25, -0.2) is 0 Å². The number of rotatable bonds is 3. The minimum absolute atomic E-state index is 0.0974. The number of hydrogen-bond donors (Lipinski definition) is 0. The van der Waals surface area contributed by atoms with Crippen molar-refractivity contribution in [2.75, 3.05) is 19.9 Å². The number of amides is 1. The van der Waals surface area contributed by atoms with Crippen LogP contribution in [0, 0.1) is 0 Å². The van der Waals surface area contributed by atoms with Crippen molar-refractivity contribution in [3.8, 4) is 11.5 Å². The lowest BCUT2D eigenvalue weighted by molar-refractivity contribution is -0.133. The number of epoxide rings is 1. The average Bonchev–Trinajstić information content (AvgIpc) is 3.20. The van der Waals surface area contributed by atoms with E-state index in [1.807, 2.05) is 35.3 Å². The Balaban J connectivity index is 1.35. The van der Waals surface area contributed by atoms with Gasteiger partial charge in [-0.15, -0.1) is 0 Å². The van der Waals surface area contributed by atoms with Gasteiger partial charge in [0, 0.05) is 13.1 Å². The first kappa shape index (κ1) is 13.6. The van der Waals surface area contributed by atoms with E-state index in [-0.39, 0.29) is 24.9 Å². The molecule has 0 aromatic heterocycles. The highest BCUT2D eigenvalue weighted by Gasteiger charge is 2.45. The molecule has 4 rings (SSSR count). The van der Waals surface area contributed by atoms with Crippen molar-refractivity contribution in [2.24, 2.45) is 0 Å². The van der Waals surface area contributed by atoms with Gasteiger partial charge in [-0.05, 0) is 37.0 Å². The van der Waals surface area contributed by atoms with Gasteiger partial charge in [0.2, 0.25) is 6.79 Å². The summed E-state index contributed by atoms with van der Waals surface area (Å²) in [5.74, 6) is 1.68. The summed E-state index contributed by atoms with van der Waals surface area (Å²) < 4.78 is 16.2. The Morgan fingerprint density at radius 1 is 1.14 bits per heavy atom. The average molecular weight is 301 g/mol. The standard InChI is InChI=1S/C17H19NO4/c19-17(18-8-2-1-3-9-18)16-14(22-16)7-5-12-4-6-13-15(10-12)21-11-20-13/h4-7,10,14,16H,1-3,8-9,11H2/b7-5-/t14-,16-/m1/s1. The summed E-state index contributed by atoms with van der Waals surface area (Å²) in [6.07, 6.45) is 6.97. The van der Waals surface area contributed by atoms with Gasteiger partial charge in [0.05, 0.1) is 0 Å². The minimum atomic E-state index is -0.289. The molecule has 1 aromatic rings. The van der Waals surface area contributed by atoms with E-state index in [9.17, 15) is 4.79 Å². The van der Waals surface area contributed by atoms with Crippen molar-refractivity contribution < 1.29 is 19.0 Å². The fraction of sp³-hybridized carbons (Fsp3) is 0.471. The zero-order valence-electron chi connectivity index (χ0n) is 12.4. The quantitative estimate of drug-likeness (QED) is 0.803.